The summed E-state index contributed by atoms with van der Waals surface area (Å²) in [4.78, 5) is 0. The number of benzene rings is 2. The molecule has 0 N–H and O–H groups in total. The summed E-state index contributed by atoms with van der Waals surface area (Å²) in [6.07, 6.45) is 0. The van der Waals surface area contributed by atoms with Gasteiger partial charge in [-0.15, -0.1) is 11.5 Å². The second-order valence-electron chi connectivity index (χ2n) is 2.63. The van der Waals surface area contributed by atoms with Crippen LogP contribution in [0.25, 0.3) is 0 Å². The van der Waals surface area contributed by atoms with Gasteiger partial charge in [0.25, 0.3) is 0 Å². The zero-order chi connectivity index (χ0) is 10.2. The van der Waals surface area contributed by atoms with Gasteiger partial charge in [0.1, 0.15) is 0 Å². The van der Waals surface area contributed by atoms with Crippen LogP contribution in [0.3, 0.4) is 0 Å². The van der Waals surface area contributed by atoms with Gasteiger partial charge < -0.3 is 15.9 Å². The molecule has 0 bridgehead atoms. The van der Waals surface area contributed by atoms with Gasteiger partial charge in [-0.05, 0) is 0 Å². The molecule has 0 aromatic heterocycles. The Hall–Kier alpha value is 1.64. The quantitative estimate of drug-likeness (QED) is 0.624. The van der Waals surface area contributed by atoms with Crippen molar-refractivity contribution >= 4 is 110 Å². The Kier molecular flexibility index (Phi) is 21.9. The van der Waals surface area contributed by atoms with Gasteiger partial charge in [0.15, 0.2) is 0 Å². The molecule has 5 heteroatoms. The van der Waals surface area contributed by atoms with Crippen LogP contribution in [-0.2, 0) is 0 Å². The van der Waals surface area contributed by atoms with Crippen LogP contribution >= 0.6 is 0 Å². The van der Waals surface area contributed by atoms with Crippen molar-refractivity contribution in [1.29, 1.82) is 0 Å². The molecule has 0 aliphatic carbocycles. The number of hydrogen-bond donors (Lipinski definition) is 0. The van der Waals surface area contributed by atoms with E-state index in [0.29, 0.717) is 0 Å². The molecule has 0 amide bonds. The molecular weight excluding hydrogens is 378 g/mol. The SMILES string of the molecule is [Ba+2].[Ca+2].[H-].[H-].[H-].[H-].[Mg+2].[O-]c1ccccc1.[O-]c1ccccc1. The fourth-order valence-electron chi connectivity index (χ4n) is 0.841. The molecule has 2 nitrogen and oxygen atoms in total. The second-order valence-corrected chi connectivity index (χ2v) is 2.63. The molecule has 0 unspecified atom stereocenters. The number of rotatable bonds is 0. The predicted molar refractivity (Wildman–Crippen MR) is 73.5 cm³/mol. The van der Waals surface area contributed by atoms with E-state index < -0.39 is 0 Å². The fourth-order valence-corrected chi connectivity index (χ4v) is 0.841. The maximum atomic E-state index is 10.3. The molecule has 0 saturated heterocycles. The number of para-hydroxylation sites is 2. The summed E-state index contributed by atoms with van der Waals surface area (Å²) in [5.41, 5.74) is 0. The van der Waals surface area contributed by atoms with Gasteiger partial charge in [-0.1, -0.05) is 60.7 Å². The smallest absolute Gasteiger partial charge is 1.00 e. The summed E-state index contributed by atoms with van der Waals surface area (Å²) in [5.74, 6) is 0.144. The molecule has 0 heterocycles. The van der Waals surface area contributed by atoms with Gasteiger partial charge in [0.2, 0.25) is 0 Å². The maximum absolute atomic E-state index is 10.3. The maximum Gasteiger partial charge on any atom is 2.00 e. The van der Waals surface area contributed by atoms with Crippen molar-refractivity contribution in [3.8, 4) is 11.5 Å². The molecule has 2 aromatic carbocycles. The van der Waals surface area contributed by atoms with Crippen LogP contribution in [0.2, 0.25) is 0 Å². The Labute approximate surface area is 194 Å². The molecular formula is C12H14BaCaMgO2. The number of hydrogen-bond acceptors (Lipinski definition) is 2. The molecule has 0 radical (unpaired) electrons. The molecule has 2 aromatic rings. The average molecular weight is 392 g/mol. The summed E-state index contributed by atoms with van der Waals surface area (Å²) in [7, 11) is 0. The van der Waals surface area contributed by atoms with E-state index in [4.69, 9.17) is 0 Å². The Morgan fingerprint density at radius 3 is 1.00 bits per heavy atom. The zero-order valence-corrected chi connectivity index (χ0v) is 17.8. The van der Waals surface area contributed by atoms with Crippen LogP contribution in [-0.4, -0.2) is 110 Å². The topological polar surface area (TPSA) is 46.1 Å². The molecule has 0 atom stereocenters. The first-order valence-corrected chi connectivity index (χ1v) is 4.23. The van der Waals surface area contributed by atoms with Crippen LogP contribution in [0.1, 0.15) is 5.71 Å². The van der Waals surface area contributed by atoms with E-state index in [9.17, 15) is 10.2 Å². The predicted octanol–water partition coefficient (Wildman–Crippen LogP) is 0.828. The molecule has 2 rings (SSSR count). The van der Waals surface area contributed by atoms with E-state index in [1.54, 1.807) is 24.3 Å². The monoisotopic (exact) mass is 392 g/mol. The van der Waals surface area contributed by atoms with E-state index >= 15 is 0 Å². The van der Waals surface area contributed by atoms with Crippen molar-refractivity contribution in [2.75, 3.05) is 0 Å². The van der Waals surface area contributed by atoms with Crippen LogP contribution in [0.4, 0.5) is 0 Å². The van der Waals surface area contributed by atoms with Gasteiger partial charge in [0.05, 0.1) is 0 Å². The summed E-state index contributed by atoms with van der Waals surface area (Å²) >= 11 is 0. The molecule has 0 aliphatic rings. The fraction of sp³-hybridized carbons (Fsp3) is 0. The minimum absolute atomic E-state index is 0. The largest absolute Gasteiger partial charge is 2.00 e. The molecule has 17 heavy (non-hydrogen) atoms. The first-order valence-electron chi connectivity index (χ1n) is 4.23. The average Bonchev–Trinajstić information content (AvgIpc) is 2.21. The Morgan fingerprint density at radius 2 is 0.882 bits per heavy atom. The molecule has 0 fully saturated rings. The summed E-state index contributed by atoms with van der Waals surface area (Å²) < 4.78 is 0. The zero-order valence-electron chi connectivity index (χ0n) is 13.7. The third-order valence-corrected chi connectivity index (χ3v) is 1.49. The Morgan fingerprint density at radius 1 is 0.647 bits per heavy atom. The van der Waals surface area contributed by atoms with E-state index in [-0.39, 0.29) is 127 Å². The normalized spacial score (nSPS) is 7.06. The van der Waals surface area contributed by atoms with Crippen molar-refractivity contribution in [2.24, 2.45) is 0 Å². The van der Waals surface area contributed by atoms with Crippen LogP contribution in [0, 0.1) is 0 Å². The van der Waals surface area contributed by atoms with E-state index in [1.165, 1.54) is 24.3 Å². The summed E-state index contributed by atoms with van der Waals surface area (Å²) in [6.45, 7) is 0. The van der Waals surface area contributed by atoms with Crippen molar-refractivity contribution in [2.45, 2.75) is 0 Å². The van der Waals surface area contributed by atoms with Crippen molar-refractivity contribution < 1.29 is 15.9 Å². The standard InChI is InChI=1S/2C6H6O.Ba.Ca.Mg.4H/c2*7-6-4-2-1-3-5-6;;;;;;;/h2*1-5,7H;;;;;;;/q;;3*+2;4*-1/p-2. The van der Waals surface area contributed by atoms with Crippen LogP contribution < -0.4 is 10.2 Å². The van der Waals surface area contributed by atoms with Crippen molar-refractivity contribution in [3.05, 3.63) is 60.7 Å². The van der Waals surface area contributed by atoms with Crippen molar-refractivity contribution in [1.82, 2.24) is 0 Å². The van der Waals surface area contributed by atoms with Crippen LogP contribution in [0.5, 0.6) is 11.5 Å². The Bertz CT molecular complexity index is 337. The van der Waals surface area contributed by atoms with Crippen molar-refractivity contribution in [3.63, 3.8) is 0 Å². The minimum Gasteiger partial charge on any atom is -1.00 e. The second kappa shape index (κ2) is 15.7. The van der Waals surface area contributed by atoms with Crippen LogP contribution in [0.15, 0.2) is 60.7 Å². The molecule has 0 saturated carbocycles. The van der Waals surface area contributed by atoms with Gasteiger partial charge in [-0.25, -0.2) is 0 Å². The first kappa shape index (κ1) is 23.7. The van der Waals surface area contributed by atoms with E-state index in [2.05, 4.69) is 0 Å². The Balaban J connectivity index is -0.0000000280. The molecule has 0 spiro atoms. The summed E-state index contributed by atoms with van der Waals surface area (Å²) in [5, 5.41) is 20.5. The van der Waals surface area contributed by atoms with E-state index in [0.717, 1.165) is 0 Å². The van der Waals surface area contributed by atoms with Gasteiger partial charge in [-0.2, -0.15) is 0 Å². The third-order valence-electron chi connectivity index (χ3n) is 1.49. The molecule has 80 valence electrons. The third kappa shape index (κ3) is 13.9. The van der Waals surface area contributed by atoms with Gasteiger partial charge >= 0.3 is 110 Å². The minimum atomic E-state index is 0. The van der Waals surface area contributed by atoms with Gasteiger partial charge in [-0.3, -0.25) is 0 Å². The van der Waals surface area contributed by atoms with Gasteiger partial charge in [0, 0.05) is 0 Å². The molecule has 0 aliphatic heterocycles. The summed E-state index contributed by atoms with van der Waals surface area (Å²) in [6, 6.07) is 16.7. The van der Waals surface area contributed by atoms with E-state index in [1.807, 2.05) is 12.1 Å². The first-order chi connectivity index (χ1) is 6.79.